The van der Waals surface area contributed by atoms with Crippen molar-refractivity contribution in [1.82, 2.24) is 0 Å². The van der Waals surface area contributed by atoms with Crippen LogP contribution >= 0.6 is 0 Å². The van der Waals surface area contributed by atoms with Crippen LogP contribution in [0, 0.1) is 0 Å². The van der Waals surface area contributed by atoms with E-state index in [-0.39, 0.29) is 24.2 Å². The summed E-state index contributed by atoms with van der Waals surface area (Å²) >= 11 is 0. The molecule has 3 aromatic rings. The maximum atomic E-state index is 13.3. The molecular weight excluding hydrogens is 446 g/mol. The molecule has 3 aromatic carbocycles. The molecule has 0 saturated heterocycles. The Morgan fingerprint density at radius 1 is 0.914 bits per heavy atom. The Kier molecular flexibility index (Phi) is 6.96. The van der Waals surface area contributed by atoms with Crippen molar-refractivity contribution in [2.24, 2.45) is 0 Å². The number of aliphatic carboxylic acids is 1. The van der Waals surface area contributed by atoms with Crippen LogP contribution in [0.3, 0.4) is 0 Å². The van der Waals surface area contributed by atoms with Gasteiger partial charge in [-0.3, -0.25) is 19.3 Å². The van der Waals surface area contributed by atoms with E-state index in [1.54, 1.807) is 55.6 Å². The lowest BCUT2D eigenvalue weighted by atomic mass is 9.93. The first-order chi connectivity index (χ1) is 16.9. The van der Waals surface area contributed by atoms with Crippen molar-refractivity contribution in [2.45, 2.75) is 25.3 Å². The van der Waals surface area contributed by atoms with Crippen molar-refractivity contribution in [3.05, 3.63) is 107 Å². The van der Waals surface area contributed by atoms with Crippen LogP contribution in [-0.4, -0.2) is 35.0 Å². The maximum Gasteiger partial charge on any atom is 0.307 e. The standard InChI is InChI=1S/C28H25NO6/c1-35-22-14-10-20(11-15-22)26-25(23(30)16-9-18-5-3-2-4-6-18)27(33)28(34)29(26)21-12-7-19(8-13-21)17-24(31)32/h2-8,10-15,26,33H,9,16-17H2,1H3,(H,31,32). The molecule has 0 spiro atoms. The first-order valence-electron chi connectivity index (χ1n) is 11.2. The molecule has 1 unspecified atom stereocenters. The van der Waals surface area contributed by atoms with Crippen LogP contribution in [0.25, 0.3) is 0 Å². The van der Waals surface area contributed by atoms with Crippen LogP contribution in [0.1, 0.15) is 29.2 Å². The Bertz CT molecular complexity index is 1260. The molecule has 1 amide bonds. The molecule has 4 rings (SSSR count). The SMILES string of the molecule is COc1ccc(C2C(C(=O)CCc3ccccc3)=C(O)C(=O)N2c2ccc(CC(=O)O)cc2)cc1. The van der Waals surface area contributed by atoms with Crippen molar-refractivity contribution in [1.29, 1.82) is 0 Å². The van der Waals surface area contributed by atoms with Gasteiger partial charge in [-0.2, -0.15) is 0 Å². The number of methoxy groups -OCH3 is 1. The number of carboxylic acids is 1. The minimum atomic E-state index is -0.961. The molecule has 0 aromatic heterocycles. The monoisotopic (exact) mass is 471 g/mol. The van der Waals surface area contributed by atoms with Gasteiger partial charge in [-0.05, 0) is 47.4 Å². The number of ketones is 1. The summed E-state index contributed by atoms with van der Waals surface area (Å²) in [5.41, 5.74) is 2.69. The third-order valence-electron chi connectivity index (χ3n) is 5.99. The van der Waals surface area contributed by atoms with Gasteiger partial charge in [0.1, 0.15) is 5.75 Å². The van der Waals surface area contributed by atoms with Crippen LogP contribution in [0.5, 0.6) is 5.75 Å². The summed E-state index contributed by atoms with van der Waals surface area (Å²) in [4.78, 5) is 39.0. The summed E-state index contributed by atoms with van der Waals surface area (Å²) in [5, 5.41) is 19.9. The van der Waals surface area contributed by atoms with Gasteiger partial charge in [-0.25, -0.2) is 0 Å². The first kappa shape index (κ1) is 23.8. The average molecular weight is 472 g/mol. The Balaban J connectivity index is 1.70. The summed E-state index contributed by atoms with van der Waals surface area (Å²) in [6.45, 7) is 0. The zero-order valence-electron chi connectivity index (χ0n) is 19.2. The Labute approximate surface area is 202 Å². The maximum absolute atomic E-state index is 13.3. The van der Waals surface area contributed by atoms with Crippen molar-refractivity contribution < 1.29 is 29.3 Å². The number of carboxylic acid groups (broad SMARTS) is 1. The van der Waals surface area contributed by atoms with Crippen molar-refractivity contribution in [2.75, 3.05) is 12.0 Å². The van der Waals surface area contributed by atoms with E-state index in [1.807, 2.05) is 30.3 Å². The van der Waals surface area contributed by atoms with Gasteiger partial charge in [0.05, 0.1) is 25.1 Å². The molecular formula is C28H25NO6. The second kappa shape index (κ2) is 10.3. The van der Waals surface area contributed by atoms with E-state index in [0.29, 0.717) is 29.0 Å². The molecule has 7 heteroatoms. The Hall–Kier alpha value is -4.39. The number of aryl methyl sites for hydroxylation is 1. The van der Waals surface area contributed by atoms with E-state index in [9.17, 15) is 19.5 Å². The summed E-state index contributed by atoms with van der Waals surface area (Å²) in [7, 11) is 1.54. The minimum absolute atomic E-state index is 0.0470. The normalized spacial score (nSPS) is 15.4. The molecule has 1 aliphatic heterocycles. The summed E-state index contributed by atoms with van der Waals surface area (Å²) < 4.78 is 5.24. The highest BCUT2D eigenvalue weighted by molar-refractivity contribution is 6.16. The molecule has 0 radical (unpaired) electrons. The second-order valence-electron chi connectivity index (χ2n) is 8.26. The zero-order chi connectivity index (χ0) is 24.9. The molecule has 35 heavy (non-hydrogen) atoms. The van der Waals surface area contributed by atoms with Crippen molar-refractivity contribution in [3.63, 3.8) is 0 Å². The number of Topliss-reactive ketones (excluding diaryl/α,β-unsaturated/α-hetero) is 1. The number of amides is 1. The number of anilines is 1. The van der Waals surface area contributed by atoms with E-state index < -0.39 is 23.7 Å². The number of ether oxygens (including phenoxy) is 1. The van der Waals surface area contributed by atoms with Gasteiger partial charge in [-0.15, -0.1) is 0 Å². The van der Waals surface area contributed by atoms with Gasteiger partial charge >= 0.3 is 5.97 Å². The van der Waals surface area contributed by atoms with Gasteiger partial charge in [0, 0.05) is 12.1 Å². The quantitative estimate of drug-likeness (QED) is 0.479. The number of nitrogens with zero attached hydrogens (tertiary/aromatic N) is 1. The number of hydrogen-bond donors (Lipinski definition) is 2. The van der Waals surface area contributed by atoms with Gasteiger partial charge < -0.3 is 14.9 Å². The smallest absolute Gasteiger partial charge is 0.307 e. The van der Waals surface area contributed by atoms with E-state index in [2.05, 4.69) is 0 Å². The molecule has 7 nitrogen and oxygen atoms in total. The van der Waals surface area contributed by atoms with Crippen LogP contribution in [0.15, 0.2) is 90.2 Å². The molecule has 1 aliphatic rings. The highest BCUT2D eigenvalue weighted by Gasteiger charge is 2.44. The number of hydrogen-bond acceptors (Lipinski definition) is 5. The molecule has 0 aliphatic carbocycles. The van der Waals surface area contributed by atoms with Crippen LogP contribution in [-0.2, 0) is 27.2 Å². The highest BCUT2D eigenvalue weighted by atomic mass is 16.5. The third-order valence-corrected chi connectivity index (χ3v) is 5.99. The third kappa shape index (κ3) is 5.09. The lowest BCUT2D eigenvalue weighted by Gasteiger charge is -2.27. The van der Waals surface area contributed by atoms with Gasteiger partial charge in [0.15, 0.2) is 11.5 Å². The van der Waals surface area contributed by atoms with E-state index in [0.717, 1.165) is 5.56 Å². The summed E-state index contributed by atoms with van der Waals surface area (Å²) in [5.74, 6) is -1.91. The zero-order valence-corrected chi connectivity index (χ0v) is 19.2. The number of carbonyl (C=O) groups is 3. The summed E-state index contributed by atoms with van der Waals surface area (Å²) in [6.07, 6.45) is 0.460. The molecule has 0 saturated carbocycles. The second-order valence-corrected chi connectivity index (χ2v) is 8.26. The van der Waals surface area contributed by atoms with Gasteiger partial charge in [-0.1, -0.05) is 54.6 Å². The number of rotatable bonds is 9. The lowest BCUT2D eigenvalue weighted by Crippen LogP contribution is -2.31. The molecule has 1 heterocycles. The molecule has 0 fully saturated rings. The van der Waals surface area contributed by atoms with Crippen molar-refractivity contribution >= 4 is 23.3 Å². The lowest BCUT2D eigenvalue weighted by molar-refractivity contribution is -0.136. The van der Waals surface area contributed by atoms with Gasteiger partial charge in [0.2, 0.25) is 0 Å². The number of aliphatic hydroxyl groups excluding tert-OH is 1. The number of carbonyl (C=O) groups excluding carboxylic acids is 2. The number of aliphatic hydroxyl groups is 1. The van der Waals surface area contributed by atoms with Crippen LogP contribution < -0.4 is 9.64 Å². The van der Waals surface area contributed by atoms with E-state index >= 15 is 0 Å². The molecule has 1 atom stereocenters. The Morgan fingerprint density at radius 3 is 2.17 bits per heavy atom. The topological polar surface area (TPSA) is 104 Å². The fourth-order valence-corrected chi connectivity index (χ4v) is 4.24. The summed E-state index contributed by atoms with van der Waals surface area (Å²) in [6, 6.07) is 22.2. The molecule has 0 bridgehead atoms. The Morgan fingerprint density at radius 2 is 1.57 bits per heavy atom. The van der Waals surface area contributed by atoms with E-state index in [4.69, 9.17) is 9.84 Å². The average Bonchev–Trinajstić information content (AvgIpc) is 3.14. The fourth-order valence-electron chi connectivity index (χ4n) is 4.24. The predicted octanol–water partition coefficient (Wildman–Crippen LogP) is 4.42. The highest BCUT2D eigenvalue weighted by Crippen LogP contribution is 2.41. The number of benzene rings is 3. The fraction of sp³-hybridized carbons (Fsp3) is 0.179. The van der Waals surface area contributed by atoms with Crippen LogP contribution in [0.2, 0.25) is 0 Å². The molecule has 2 N–H and O–H groups in total. The van der Waals surface area contributed by atoms with Crippen LogP contribution in [0.4, 0.5) is 5.69 Å². The van der Waals surface area contributed by atoms with Crippen molar-refractivity contribution in [3.8, 4) is 5.75 Å². The minimum Gasteiger partial charge on any atom is -0.503 e. The predicted molar refractivity (Wildman–Crippen MR) is 130 cm³/mol. The van der Waals surface area contributed by atoms with Gasteiger partial charge in [0.25, 0.3) is 5.91 Å². The molecule has 178 valence electrons. The largest absolute Gasteiger partial charge is 0.503 e. The first-order valence-corrected chi connectivity index (χ1v) is 11.2. The van der Waals surface area contributed by atoms with E-state index in [1.165, 1.54) is 4.90 Å².